The van der Waals surface area contributed by atoms with Gasteiger partial charge in [-0.05, 0) is 12.3 Å². The van der Waals surface area contributed by atoms with E-state index in [1.807, 2.05) is 6.92 Å². The van der Waals surface area contributed by atoms with E-state index in [9.17, 15) is 18.0 Å². The molecule has 5 nitrogen and oxygen atoms in total. The summed E-state index contributed by atoms with van der Waals surface area (Å²) >= 11 is 0. The van der Waals surface area contributed by atoms with Gasteiger partial charge in [-0.25, -0.2) is 0 Å². The van der Waals surface area contributed by atoms with E-state index >= 15 is 0 Å². The van der Waals surface area contributed by atoms with Crippen molar-refractivity contribution in [3.63, 3.8) is 0 Å². The van der Waals surface area contributed by atoms with Crippen LogP contribution in [0.15, 0.2) is 0 Å². The zero-order valence-corrected chi connectivity index (χ0v) is 12.7. The number of carbonyl (C=O) groups excluding carboxylic acids is 1. The summed E-state index contributed by atoms with van der Waals surface area (Å²) in [6.07, 6.45) is -3.94. The lowest BCUT2D eigenvalue weighted by Gasteiger charge is -2.25. The third-order valence-corrected chi connectivity index (χ3v) is 2.94. The fraction of sp³-hybridized carbons (Fsp3) is 0.692. The van der Waals surface area contributed by atoms with E-state index < -0.39 is 18.6 Å². The predicted octanol–water partition coefficient (Wildman–Crippen LogP) is 2.23. The van der Waals surface area contributed by atoms with Crippen molar-refractivity contribution in [3.05, 3.63) is 11.4 Å². The molecule has 0 aliphatic carbocycles. The maximum Gasteiger partial charge on any atom is 0.406 e. The van der Waals surface area contributed by atoms with Gasteiger partial charge in [0.25, 0.3) is 5.91 Å². The highest BCUT2D eigenvalue weighted by atomic mass is 19.4. The van der Waals surface area contributed by atoms with Crippen molar-refractivity contribution in [1.29, 1.82) is 0 Å². The molecule has 0 saturated heterocycles. The molecule has 0 aliphatic heterocycles. The molecule has 0 unspecified atom stereocenters. The van der Waals surface area contributed by atoms with Gasteiger partial charge in [0.1, 0.15) is 12.2 Å². The van der Waals surface area contributed by atoms with Gasteiger partial charge in [-0.3, -0.25) is 9.48 Å². The molecule has 0 aliphatic rings. The van der Waals surface area contributed by atoms with Crippen molar-refractivity contribution in [2.75, 3.05) is 18.8 Å². The number of anilines is 1. The second-order valence-electron chi connectivity index (χ2n) is 5.38. The molecule has 0 saturated carbocycles. The lowest BCUT2D eigenvalue weighted by Crippen LogP contribution is -2.42. The SMILES string of the molecule is CCc1nn(C)c(C(=O)N(CC(C)C)CC(F)(F)F)c1N. The predicted molar refractivity (Wildman–Crippen MR) is 73.8 cm³/mol. The van der Waals surface area contributed by atoms with E-state index in [0.717, 1.165) is 4.90 Å². The summed E-state index contributed by atoms with van der Waals surface area (Å²) < 4.78 is 39.2. The molecule has 0 atom stereocenters. The van der Waals surface area contributed by atoms with Crippen LogP contribution in [-0.2, 0) is 13.5 Å². The summed E-state index contributed by atoms with van der Waals surface area (Å²) in [5, 5.41) is 4.07. The van der Waals surface area contributed by atoms with Crippen LogP contribution in [-0.4, -0.2) is 39.9 Å². The number of hydrogen-bond donors (Lipinski definition) is 1. The van der Waals surface area contributed by atoms with Crippen LogP contribution in [0, 0.1) is 5.92 Å². The van der Waals surface area contributed by atoms with E-state index in [4.69, 9.17) is 5.73 Å². The van der Waals surface area contributed by atoms with Crippen LogP contribution in [0.2, 0.25) is 0 Å². The number of halogens is 3. The average Bonchev–Trinajstić information content (AvgIpc) is 2.60. The summed E-state index contributed by atoms with van der Waals surface area (Å²) in [5.74, 6) is -0.829. The molecule has 0 radical (unpaired) electrons. The van der Waals surface area contributed by atoms with E-state index in [0.29, 0.717) is 12.1 Å². The molecule has 1 heterocycles. The number of rotatable bonds is 5. The number of aromatic nitrogens is 2. The molecule has 1 aromatic rings. The Kier molecular flexibility index (Phi) is 5.25. The Labute approximate surface area is 121 Å². The number of aryl methyl sites for hydroxylation is 2. The summed E-state index contributed by atoms with van der Waals surface area (Å²) in [7, 11) is 1.50. The molecule has 21 heavy (non-hydrogen) atoms. The maximum absolute atomic E-state index is 12.7. The number of nitrogens with two attached hydrogens (primary N) is 1. The van der Waals surface area contributed by atoms with Gasteiger partial charge in [-0.1, -0.05) is 20.8 Å². The molecule has 8 heteroatoms. The Morgan fingerprint density at radius 3 is 2.38 bits per heavy atom. The number of nitrogens with zero attached hydrogens (tertiary/aromatic N) is 3. The first-order chi connectivity index (χ1) is 9.56. The second kappa shape index (κ2) is 6.36. The first-order valence-corrected chi connectivity index (χ1v) is 6.74. The third-order valence-electron chi connectivity index (χ3n) is 2.94. The zero-order valence-electron chi connectivity index (χ0n) is 12.7. The van der Waals surface area contributed by atoms with Crippen LogP contribution in [0.5, 0.6) is 0 Å². The Bertz CT molecular complexity index is 508. The van der Waals surface area contributed by atoms with Gasteiger partial charge in [0.2, 0.25) is 0 Å². The molecule has 0 fully saturated rings. The number of carbonyl (C=O) groups is 1. The van der Waals surface area contributed by atoms with Gasteiger partial charge < -0.3 is 10.6 Å². The Hall–Kier alpha value is -1.73. The highest BCUT2D eigenvalue weighted by molar-refractivity contribution is 5.98. The van der Waals surface area contributed by atoms with Gasteiger partial charge in [0.15, 0.2) is 0 Å². The first kappa shape index (κ1) is 17.3. The van der Waals surface area contributed by atoms with Crippen molar-refractivity contribution >= 4 is 11.6 Å². The van der Waals surface area contributed by atoms with E-state index in [-0.39, 0.29) is 23.8 Å². The molecule has 1 aromatic heterocycles. The molecular weight excluding hydrogens is 285 g/mol. The Balaban J connectivity index is 3.13. The van der Waals surface area contributed by atoms with Crippen molar-refractivity contribution < 1.29 is 18.0 Å². The molecule has 0 aromatic carbocycles. The normalized spacial score (nSPS) is 12.0. The fourth-order valence-corrected chi connectivity index (χ4v) is 2.14. The summed E-state index contributed by atoms with van der Waals surface area (Å²) in [5.41, 5.74) is 6.51. The lowest BCUT2D eigenvalue weighted by molar-refractivity contribution is -0.141. The third kappa shape index (κ3) is 4.37. The standard InChI is InChI=1S/C13H21F3N4O/c1-5-9-10(17)11(19(4)18-9)12(21)20(6-8(2)3)7-13(14,15)16/h8H,5-7,17H2,1-4H3. The van der Waals surface area contributed by atoms with Gasteiger partial charge in [-0.15, -0.1) is 0 Å². The Morgan fingerprint density at radius 2 is 2.00 bits per heavy atom. The van der Waals surface area contributed by atoms with Crippen molar-refractivity contribution in [3.8, 4) is 0 Å². The average molecular weight is 306 g/mol. The fourth-order valence-electron chi connectivity index (χ4n) is 2.14. The van der Waals surface area contributed by atoms with Crippen LogP contribution >= 0.6 is 0 Å². The minimum absolute atomic E-state index is 0.00439. The number of alkyl halides is 3. The van der Waals surface area contributed by atoms with Crippen LogP contribution in [0.1, 0.15) is 37.0 Å². The van der Waals surface area contributed by atoms with Gasteiger partial charge >= 0.3 is 6.18 Å². The quantitative estimate of drug-likeness (QED) is 0.907. The van der Waals surface area contributed by atoms with Crippen molar-refractivity contribution in [2.24, 2.45) is 13.0 Å². The summed E-state index contributed by atoms with van der Waals surface area (Å²) in [6, 6.07) is 0. The molecule has 0 spiro atoms. The van der Waals surface area contributed by atoms with Crippen LogP contribution in [0.25, 0.3) is 0 Å². The Morgan fingerprint density at radius 1 is 1.43 bits per heavy atom. The monoisotopic (exact) mass is 306 g/mol. The van der Waals surface area contributed by atoms with E-state index in [2.05, 4.69) is 5.10 Å². The molecule has 120 valence electrons. The molecule has 0 bridgehead atoms. The van der Waals surface area contributed by atoms with Gasteiger partial charge in [0, 0.05) is 13.6 Å². The first-order valence-electron chi connectivity index (χ1n) is 6.74. The minimum Gasteiger partial charge on any atom is -0.395 e. The zero-order chi connectivity index (χ0) is 16.4. The van der Waals surface area contributed by atoms with Crippen molar-refractivity contribution in [1.82, 2.24) is 14.7 Å². The highest BCUT2D eigenvalue weighted by Crippen LogP contribution is 2.23. The molecule has 2 N–H and O–H groups in total. The van der Waals surface area contributed by atoms with Crippen molar-refractivity contribution in [2.45, 2.75) is 33.4 Å². The van der Waals surface area contributed by atoms with Gasteiger partial charge in [0.05, 0.1) is 11.4 Å². The van der Waals surface area contributed by atoms with Crippen LogP contribution in [0.4, 0.5) is 18.9 Å². The minimum atomic E-state index is -4.45. The van der Waals surface area contributed by atoms with E-state index in [1.165, 1.54) is 11.7 Å². The smallest absolute Gasteiger partial charge is 0.395 e. The second-order valence-corrected chi connectivity index (χ2v) is 5.38. The molecule has 1 amide bonds. The lowest BCUT2D eigenvalue weighted by atomic mass is 10.1. The maximum atomic E-state index is 12.7. The highest BCUT2D eigenvalue weighted by Gasteiger charge is 2.35. The van der Waals surface area contributed by atoms with Gasteiger partial charge in [-0.2, -0.15) is 18.3 Å². The van der Waals surface area contributed by atoms with E-state index in [1.54, 1.807) is 13.8 Å². The number of amides is 1. The number of nitrogen functional groups attached to an aromatic ring is 1. The van der Waals surface area contributed by atoms with Crippen LogP contribution < -0.4 is 5.73 Å². The molecule has 1 rings (SSSR count). The topological polar surface area (TPSA) is 64.2 Å². The number of hydrogen-bond acceptors (Lipinski definition) is 3. The molecular formula is C13H21F3N4O. The summed E-state index contributed by atoms with van der Waals surface area (Å²) in [4.78, 5) is 13.2. The largest absolute Gasteiger partial charge is 0.406 e. The van der Waals surface area contributed by atoms with Crippen LogP contribution in [0.3, 0.4) is 0 Å². The summed E-state index contributed by atoms with van der Waals surface area (Å²) in [6.45, 7) is 4.02.